The molecule has 2 heterocycles. The van der Waals surface area contributed by atoms with Crippen LogP contribution in [0.4, 0.5) is 11.4 Å². The third-order valence-corrected chi connectivity index (χ3v) is 7.74. The molecule has 0 saturated carbocycles. The van der Waals surface area contributed by atoms with E-state index in [1.165, 1.54) is 0 Å². The molecule has 39 heavy (non-hydrogen) atoms. The minimum atomic E-state index is -0.426. The second-order valence-corrected chi connectivity index (χ2v) is 9.81. The summed E-state index contributed by atoms with van der Waals surface area (Å²) >= 11 is 0. The fourth-order valence-corrected chi connectivity index (χ4v) is 5.67. The van der Waals surface area contributed by atoms with Gasteiger partial charge in [-0.1, -0.05) is 24.3 Å². The highest BCUT2D eigenvalue weighted by Crippen LogP contribution is 2.42. The predicted molar refractivity (Wildman–Crippen MR) is 151 cm³/mol. The van der Waals surface area contributed by atoms with Crippen molar-refractivity contribution in [3.05, 3.63) is 78.4 Å². The van der Waals surface area contributed by atoms with Crippen molar-refractivity contribution in [2.24, 2.45) is 5.92 Å². The van der Waals surface area contributed by atoms with Gasteiger partial charge in [0.25, 0.3) is 0 Å². The van der Waals surface area contributed by atoms with Crippen LogP contribution in [0.2, 0.25) is 0 Å². The number of rotatable bonds is 7. The molecular formula is C31H35N3O5. The van der Waals surface area contributed by atoms with Gasteiger partial charge in [-0.05, 0) is 60.5 Å². The van der Waals surface area contributed by atoms with E-state index in [9.17, 15) is 9.59 Å². The SMILES string of the molecule is COc1ccc([C@H]2[C@H](C(=O)N3CCN(c4ccccc4OC)CC3)CCC(=O)N2c2ccc(OC)cc2)cc1. The molecule has 0 aromatic heterocycles. The molecule has 2 fully saturated rings. The summed E-state index contributed by atoms with van der Waals surface area (Å²) < 4.78 is 16.2. The van der Waals surface area contributed by atoms with Crippen molar-refractivity contribution in [2.75, 3.05) is 57.3 Å². The zero-order valence-corrected chi connectivity index (χ0v) is 22.7. The number of hydrogen-bond acceptors (Lipinski definition) is 6. The quantitative estimate of drug-likeness (QED) is 0.447. The molecule has 0 N–H and O–H groups in total. The van der Waals surface area contributed by atoms with Crippen molar-refractivity contribution in [3.8, 4) is 17.2 Å². The van der Waals surface area contributed by atoms with Crippen LogP contribution in [0.25, 0.3) is 0 Å². The number of anilines is 2. The van der Waals surface area contributed by atoms with Gasteiger partial charge in [-0.15, -0.1) is 0 Å². The normalized spacial score (nSPS) is 19.6. The van der Waals surface area contributed by atoms with E-state index in [0.29, 0.717) is 44.8 Å². The Balaban J connectivity index is 1.42. The maximum Gasteiger partial charge on any atom is 0.228 e. The Kier molecular flexibility index (Phi) is 7.91. The number of benzene rings is 3. The van der Waals surface area contributed by atoms with Gasteiger partial charge in [0.2, 0.25) is 11.8 Å². The Morgan fingerprint density at radius 1 is 0.769 bits per heavy atom. The van der Waals surface area contributed by atoms with Crippen LogP contribution in [-0.4, -0.2) is 64.2 Å². The second-order valence-electron chi connectivity index (χ2n) is 9.81. The fraction of sp³-hybridized carbons (Fsp3) is 0.355. The summed E-state index contributed by atoms with van der Waals surface area (Å²) in [6, 6.07) is 22.7. The summed E-state index contributed by atoms with van der Waals surface area (Å²) in [6.45, 7) is 2.65. The lowest BCUT2D eigenvalue weighted by atomic mass is 9.82. The summed E-state index contributed by atoms with van der Waals surface area (Å²) in [5, 5.41) is 0. The lowest BCUT2D eigenvalue weighted by molar-refractivity contribution is -0.138. The van der Waals surface area contributed by atoms with Crippen molar-refractivity contribution in [3.63, 3.8) is 0 Å². The van der Waals surface area contributed by atoms with Gasteiger partial charge in [0.15, 0.2) is 0 Å². The van der Waals surface area contributed by atoms with Crippen LogP contribution in [0.15, 0.2) is 72.8 Å². The van der Waals surface area contributed by atoms with Gasteiger partial charge >= 0.3 is 0 Å². The topological polar surface area (TPSA) is 71.6 Å². The maximum absolute atomic E-state index is 14.1. The summed E-state index contributed by atoms with van der Waals surface area (Å²) in [5.41, 5.74) is 2.70. The molecular weight excluding hydrogens is 494 g/mol. The molecule has 0 radical (unpaired) electrons. The number of piperidine rings is 1. The Bertz CT molecular complexity index is 1290. The zero-order chi connectivity index (χ0) is 27.4. The molecule has 2 aliphatic heterocycles. The van der Waals surface area contributed by atoms with Crippen LogP contribution in [0.5, 0.6) is 17.2 Å². The third kappa shape index (κ3) is 5.37. The third-order valence-electron chi connectivity index (χ3n) is 7.74. The molecule has 0 spiro atoms. The first-order valence-corrected chi connectivity index (χ1v) is 13.3. The number of carbonyl (C=O) groups is 2. The first-order valence-electron chi connectivity index (χ1n) is 13.3. The molecule has 204 valence electrons. The largest absolute Gasteiger partial charge is 0.497 e. The Hall–Kier alpha value is -4.20. The van der Waals surface area contributed by atoms with E-state index in [1.54, 1.807) is 26.2 Å². The van der Waals surface area contributed by atoms with E-state index in [0.717, 1.165) is 28.4 Å². The number of nitrogens with zero attached hydrogens (tertiary/aromatic N) is 3. The van der Waals surface area contributed by atoms with Crippen molar-refractivity contribution in [1.82, 2.24) is 4.90 Å². The van der Waals surface area contributed by atoms with E-state index < -0.39 is 6.04 Å². The van der Waals surface area contributed by atoms with Gasteiger partial charge in [0, 0.05) is 38.3 Å². The molecule has 5 rings (SSSR count). The summed E-state index contributed by atoms with van der Waals surface area (Å²) in [6.07, 6.45) is 0.823. The van der Waals surface area contributed by atoms with Crippen LogP contribution in [0, 0.1) is 5.92 Å². The molecule has 0 aliphatic carbocycles. The smallest absolute Gasteiger partial charge is 0.228 e. The standard InChI is InChI=1S/C31H35N3O5/c1-37-24-12-8-22(9-13-24)30-26(16-17-29(35)34(30)23-10-14-25(38-2)15-11-23)31(36)33-20-18-32(19-21-33)27-6-4-5-7-28(27)39-3/h4-15,26,30H,16-21H2,1-3H3/t26-,30+/m1/s1. The highest BCUT2D eigenvalue weighted by Gasteiger charge is 2.43. The summed E-state index contributed by atoms with van der Waals surface area (Å²) in [4.78, 5) is 33.5. The predicted octanol–water partition coefficient (Wildman–Crippen LogP) is 4.55. The molecule has 3 aromatic carbocycles. The average Bonchev–Trinajstić information content (AvgIpc) is 3.00. The molecule has 0 bridgehead atoms. The minimum absolute atomic E-state index is 0.00558. The fourth-order valence-electron chi connectivity index (χ4n) is 5.67. The van der Waals surface area contributed by atoms with E-state index in [4.69, 9.17) is 14.2 Å². The van der Waals surface area contributed by atoms with Crippen LogP contribution < -0.4 is 24.0 Å². The molecule has 2 atom stereocenters. The van der Waals surface area contributed by atoms with Crippen LogP contribution in [0.3, 0.4) is 0 Å². The van der Waals surface area contributed by atoms with Gasteiger partial charge in [0.1, 0.15) is 17.2 Å². The van der Waals surface area contributed by atoms with Crippen LogP contribution in [-0.2, 0) is 9.59 Å². The van der Waals surface area contributed by atoms with Gasteiger partial charge in [-0.2, -0.15) is 0 Å². The van der Waals surface area contributed by atoms with E-state index in [-0.39, 0.29) is 17.7 Å². The van der Waals surface area contributed by atoms with Crippen molar-refractivity contribution >= 4 is 23.2 Å². The highest BCUT2D eigenvalue weighted by atomic mass is 16.5. The zero-order valence-electron chi connectivity index (χ0n) is 22.7. The van der Waals surface area contributed by atoms with Crippen molar-refractivity contribution in [1.29, 1.82) is 0 Å². The van der Waals surface area contributed by atoms with Crippen molar-refractivity contribution in [2.45, 2.75) is 18.9 Å². The van der Waals surface area contributed by atoms with Crippen LogP contribution >= 0.6 is 0 Å². The lowest BCUT2D eigenvalue weighted by Gasteiger charge is -2.44. The molecule has 0 unspecified atom stereocenters. The Labute approximate surface area is 229 Å². The number of amides is 2. The Morgan fingerprint density at radius 2 is 1.38 bits per heavy atom. The number of ether oxygens (including phenoxy) is 3. The van der Waals surface area contributed by atoms with Crippen LogP contribution in [0.1, 0.15) is 24.4 Å². The summed E-state index contributed by atoms with van der Waals surface area (Å²) in [7, 11) is 4.92. The van der Waals surface area contributed by atoms with E-state index in [1.807, 2.05) is 71.6 Å². The molecule has 2 amide bonds. The first-order chi connectivity index (χ1) is 19.0. The van der Waals surface area contributed by atoms with Crippen molar-refractivity contribution < 1.29 is 23.8 Å². The minimum Gasteiger partial charge on any atom is -0.497 e. The number of methoxy groups -OCH3 is 3. The number of piperazine rings is 1. The van der Waals surface area contributed by atoms with E-state index in [2.05, 4.69) is 11.0 Å². The molecule has 2 saturated heterocycles. The maximum atomic E-state index is 14.1. The summed E-state index contributed by atoms with van der Waals surface area (Å²) in [5.74, 6) is 2.00. The Morgan fingerprint density at radius 3 is 2.00 bits per heavy atom. The molecule has 2 aliphatic rings. The highest BCUT2D eigenvalue weighted by molar-refractivity contribution is 5.97. The number of hydrogen-bond donors (Lipinski definition) is 0. The second kappa shape index (κ2) is 11.7. The average molecular weight is 530 g/mol. The molecule has 8 nitrogen and oxygen atoms in total. The first kappa shape index (κ1) is 26.4. The van der Waals surface area contributed by atoms with Gasteiger partial charge < -0.3 is 28.9 Å². The van der Waals surface area contributed by atoms with E-state index >= 15 is 0 Å². The number of carbonyl (C=O) groups excluding carboxylic acids is 2. The molecule has 3 aromatic rings. The lowest BCUT2D eigenvalue weighted by Crippen LogP contribution is -2.54. The monoisotopic (exact) mass is 529 g/mol. The molecule has 8 heteroatoms. The number of para-hydroxylation sites is 2. The van der Waals surface area contributed by atoms with Gasteiger partial charge in [0.05, 0.1) is 39.0 Å². The van der Waals surface area contributed by atoms with Gasteiger partial charge in [-0.3, -0.25) is 9.59 Å². The van der Waals surface area contributed by atoms with Gasteiger partial charge in [-0.25, -0.2) is 0 Å².